The van der Waals surface area contributed by atoms with Crippen molar-refractivity contribution in [3.8, 4) is 0 Å². The van der Waals surface area contributed by atoms with Crippen molar-refractivity contribution in [3.63, 3.8) is 0 Å². The number of hydrogen-bond donors (Lipinski definition) is 1. The van der Waals surface area contributed by atoms with Gasteiger partial charge in [-0.05, 0) is 36.0 Å². The Hall–Kier alpha value is -2.43. The molecule has 2 rings (SSSR count). The van der Waals surface area contributed by atoms with Crippen LogP contribution in [0, 0.1) is 0 Å². The lowest BCUT2D eigenvalue weighted by Gasteiger charge is -2.21. The summed E-state index contributed by atoms with van der Waals surface area (Å²) in [6.07, 6.45) is 5.08. The minimum Gasteiger partial charge on any atom is -0.339 e. The van der Waals surface area contributed by atoms with E-state index in [0.29, 0.717) is 11.5 Å². The lowest BCUT2D eigenvalue weighted by molar-refractivity contribution is 0.0754. The van der Waals surface area contributed by atoms with Gasteiger partial charge in [0.2, 0.25) is 5.95 Å². The van der Waals surface area contributed by atoms with E-state index in [1.165, 1.54) is 5.56 Å². The molecular formula is C21H30N4O. The number of carbonyl (C=O) groups is 1. The van der Waals surface area contributed by atoms with Crippen molar-refractivity contribution in [1.82, 2.24) is 14.9 Å². The molecule has 1 heterocycles. The molecule has 5 heteroatoms. The molecule has 2 aromatic rings. The van der Waals surface area contributed by atoms with Crippen LogP contribution in [0.5, 0.6) is 0 Å². The summed E-state index contributed by atoms with van der Waals surface area (Å²) in [5.41, 5.74) is 2.85. The minimum atomic E-state index is -0.00483. The van der Waals surface area contributed by atoms with Crippen molar-refractivity contribution in [3.05, 3.63) is 47.8 Å². The molecule has 140 valence electrons. The first-order valence-corrected chi connectivity index (χ1v) is 9.34. The lowest BCUT2D eigenvalue weighted by Crippen LogP contribution is -2.32. The topological polar surface area (TPSA) is 58.1 Å². The summed E-state index contributed by atoms with van der Waals surface area (Å²) in [6, 6.07) is 8.25. The van der Waals surface area contributed by atoms with E-state index in [0.717, 1.165) is 31.6 Å². The van der Waals surface area contributed by atoms with Gasteiger partial charge in [0.25, 0.3) is 5.91 Å². The van der Waals surface area contributed by atoms with Crippen molar-refractivity contribution in [2.24, 2.45) is 0 Å². The molecule has 0 radical (unpaired) electrons. The minimum absolute atomic E-state index is 0.00483. The highest BCUT2D eigenvalue weighted by atomic mass is 16.2. The van der Waals surface area contributed by atoms with Crippen LogP contribution in [0.4, 0.5) is 11.6 Å². The number of amides is 1. The summed E-state index contributed by atoms with van der Waals surface area (Å²) in [4.78, 5) is 23.0. The molecule has 1 amide bonds. The van der Waals surface area contributed by atoms with Crippen LogP contribution in [0.3, 0.4) is 0 Å². The Morgan fingerprint density at radius 1 is 1.00 bits per heavy atom. The molecule has 1 N–H and O–H groups in total. The van der Waals surface area contributed by atoms with Crippen LogP contribution in [-0.4, -0.2) is 33.9 Å². The number of carbonyl (C=O) groups excluding carboxylic acids is 1. The highest BCUT2D eigenvalue weighted by Gasteiger charge is 2.15. The largest absolute Gasteiger partial charge is 0.339 e. The zero-order chi connectivity index (χ0) is 19.2. The third-order valence-corrected chi connectivity index (χ3v) is 4.18. The van der Waals surface area contributed by atoms with E-state index in [1.54, 1.807) is 12.4 Å². The molecule has 0 bridgehead atoms. The Kier molecular flexibility index (Phi) is 6.72. The summed E-state index contributed by atoms with van der Waals surface area (Å²) in [5, 5.41) is 3.18. The molecule has 5 nitrogen and oxygen atoms in total. The maximum absolute atomic E-state index is 12.6. The van der Waals surface area contributed by atoms with Gasteiger partial charge in [0.1, 0.15) is 0 Å². The van der Waals surface area contributed by atoms with Gasteiger partial charge in [0.15, 0.2) is 0 Å². The molecule has 0 aliphatic heterocycles. The van der Waals surface area contributed by atoms with E-state index in [1.807, 2.05) is 17.0 Å². The first-order valence-electron chi connectivity index (χ1n) is 9.34. The molecule has 1 aromatic carbocycles. The zero-order valence-corrected chi connectivity index (χ0v) is 16.5. The van der Waals surface area contributed by atoms with Crippen LogP contribution in [0.15, 0.2) is 36.7 Å². The van der Waals surface area contributed by atoms with Gasteiger partial charge in [0, 0.05) is 31.2 Å². The highest BCUT2D eigenvalue weighted by Crippen LogP contribution is 2.24. The van der Waals surface area contributed by atoms with Crippen LogP contribution >= 0.6 is 0 Å². The van der Waals surface area contributed by atoms with E-state index in [2.05, 4.69) is 62.0 Å². The number of aromatic nitrogens is 2. The Morgan fingerprint density at radius 3 is 2.00 bits per heavy atom. The van der Waals surface area contributed by atoms with E-state index in [9.17, 15) is 4.79 Å². The number of benzene rings is 1. The SMILES string of the molecule is CCCN(CCC)C(=O)c1cnc(Nc2ccc(C(C)(C)C)cc2)nc1. The Labute approximate surface area is 156 Å². The lowest BCUT2D eigenvalue weighted by atomic mass is 9.87. The molecule has 0 saturated carbocycles. The monoisotopic (exact) mass is 354 g/mol. The predicted octanol–water partition coefficient (Wildman–Crippen LogP) is 4.78. The van der Waals surface area contributed by atoms with E-state index < -0.39 is 0 Å². The van der Waals surface area contributed by atoms with Gasteiger partial charge in [-0.15, -0.1) is 0 Å². The van der Waals surface area contributed by atoms with Gasteiger partial charge in [0.05, 0.1) is 5.56 Å². The number of anilines is 2. The fourth-order valence-corrected chi connectivity index (χ4v) is 2.72. The zero-order valence-electron chi connectivity index (χ0n) is 16.5. The predicted molar refractivity (Wildman–Crippen MR) is 107 cm³/mol. The van der Waals surface area contributed by atoms with E-state index >= 15 is 0 Å². The van der Waals surface area contributed by atoms with Crippen LogP contribution < -0.4 is 5.32 Å². The van der Waals surface area contributed by atoms with Crippen LogP contribution in [0.1, 0.15) is 63.4 Å². The van der Waals surface area contributed by atoms with Gasteiger partial charge >= 0.3 is 0 Å². The first-order chi connectivity index (χ1) is 12.3. The second-order valence-electron chi connectivity index (χ2n) is 7.54. The maximum atomic E-state index is 12.6. The second-order valence-corrected chi connectivity index (χ2v) is 7.54. The highest BCUT2D eigenvalue weighted by molar-refractivity contribution is 5.93. The van der Waals surface area contributed by atoms with Crippen molar-refractivity contribution >= 4 is 17.5 Å². The quantitative estimate of drug-likeness (QED) is 0.777. The van der Waals surface area contributed by atoms with E-state index in [4.69, 9.17) is 0 Å². The van der Waals surface area contributed by atoms with E-state index in [-0.39, 0.29) is 11.3 Å². The number of nitrogens with one attached hydrogen (secondary N) is 1. The van der Waals surface area contributed by atoms with Crippen molar-refractivity contribution in [2.45, 2.75) is 52.9 Å². The number of nitrogens with zero attached hydrogens (tertiary/aromatic N) is 3. The summed E-state index contributed by atoms with van der Waals surface area (Å²) < 4.78 is 0. The third kappa shape index (κ3) is 5.28. The molecule has 0 atom stereocenters. The number of hydrogen-bond acceptors (Lipinski definition) is 4. The fraction of sp³-hybridized carbons (Fsp3) is 0.476. The molecule has 0 spiro atoms. The normalized spacial score (nSPS) is 11.3. The standard InChI is InChI=1S/C21H30N4O/c1-6-12-25(13-7-2)19(26)16-14-22-20(23-15-16)24-18-10-8-17(9-11-18)21(3,4)5/h8-11,14-15H,6-7,12-13H2,1-5H3,(H,22,23,24). The summed E-state index contributed by atoms with van der Waals surface area (Å²) >= 11 is 0. The van der Waals surface area contributed by atoms with Crippen LogP contribution in [-0.2, 0) is 5.41 Å². The molecule has 26 heavy (non-hydrogen) atoms. The molecule has 1 aromatic heterocycles. The molecule has 0 saturated heterocycles. The van der Waals surface area contributed by atoms with Gasteiger partial charge < -0.3 is 10.2 Å². The van der Waals surface area contributed by atoms with Gasteiger partial charge in [-0.1, -0.05) is 46.8 Å². The summed E-state index contributed by atoms with van der Waals surface area (Å²) in [5.74, 6) is 0.484. The number of rotatable bonds is 7. The average Bonchev–Trinajstić information content (AvgIpc) is 2.61. The Balaban J connectivity index is 2.06. The molecule has 0 aliphatic rings. The van der Waals surface area contributed by atoms with Gasteiger partial charge in [-0.2, -0.15) is 0 Å². The summed E-state index contributed by atoms with van der Waals surface area (Å²) in [7, 11) is 0. The Bertz CT molecular complexity index is 696. The molecular weight excluding hydrogens is 324 g/mol. The maximum Gasteiger partial charge on any atom is 0.256 e. The first kappa shape index (κ1) is 19.9. The molecule has 0 aliphatic carbocycles. The van der Waals surface area contributed by atoms with Gasteiger partial charge in [-0.25, -0.2) is 9.97 Å². The molecule has 0 fully saturated rings. The van der Waals surface area contributed by atoms with Crippen molar-refractivity contribution < 1.29 is 4.79 Å². The fourth-order valence-electron chi connectivity index (χ4n) is 2.72. The third-order valence-electron chi connectivity index (χ3n) is 4.18. The Morgan fingerprint density at radius 2 is 1.54 bits per heavy atom. The van der Waals surface area contributed by atoms with Gasteiger partial charge in [-0.3, -0.25) is 4.79 Å². The summed E-state index contributed by atoms with van der Waals surface area (Å²) in [6.45, 7) is 12.2. The van der Waals surface area contributed by atoms with Crippen molar-refractivity contribution in [1.29, 1.82) is 0 Å². The average molecular weight is 354 g/mol. The van der Waals surface area contributed by atoms with Crippen LogP contribution in [0.2, 0.25) is 0 Å². The van der Waals surface area contributed by atoms with Crippen molar-refractivity contribution in [2.75, 3.05) is 18.4 Å². The van der Waals surface area contributed by atoms with Crippen LogP contribution in [0.25, 0.3) is 0 Å². The molecule has 0 unspecified atom stereocenters. The smallest absolute Gasteiger partial charge is 0.256 e. The second kappa shape index (κ2) is 8.79.